The smallest absolute Gasteiger partial charge is 0.326 e. The molecule has 0 radical (unpaired) electrons. The molecule has 8 N–H and O–H groups in total. The number of hydrogen-bond donors (Lipinski definition) is 7. The summed E-state index contributed by atoms with van der Waals surface area (Å²) in [7, 11) is 0. The van der Waals surface area contributed by atoms with E-state index in [-0.39, 0.29) is 12.8 Å². The number of carbonyl (C=O) groups is 6. The Morgan fingerprint density at radius 3 is 1.29 bits per heavy atom. The quantitative estimate of drug-likeness (QED) is 0.110. The van der Waals surface area contributed by atoms with Crippen molar-refractivity contribution in [2.45, 2.75) is 76.3 Å². The topological polar surface area (TPSA) is 209 Å². The molecule has 0 unspecified atom stereocenters. The van der Waals surface area contributed by atoms with E-state index in [0.29, 0.717) is 0 Å². The van der Waals surface area contributed by atoms with Crippen molar-refractivity contribution in [3.63, 3.8) is 0 Å². The molecule has 0 aliphatic heterocycles. The predicted octanol–water partition coefficient (Wildman–Crippen LogP) is 1.31. The number of carbonyl (C=O) groups excluding carboxylic acids is 5. The molecule has 13 nitrogen and oxygen atoms in total. The molecule has 0 saturated heterocycles. The summed E-state index contributed by atoms with van der Waals surface area (Å²) < 4.78 is 0. The van der Waals surface area contributed by atoms with E-state index in [1.54, 1.807) is 0 Å². The molecule has 0 saturated carbocycles. The molecule has 0 heterocycles. The van der Waals surface area contributed by atoms with Gasteiger partial charge in [-0.3, -0.25) is 24.0 Å². The number of hydrogen-bond acceptors (Lipinski definition) is 7. The van der Waals surface area contributed by atoms with Gasteiger partial charge < -0.3 is 37.4 Å². The maximum Gasteiger partial charge on any atom is 0.326 e. The van der Waals surface area contributed by atoms with Crippen LogP contribution in [0.2, 0.25) is 0 Å². The second kappa shape index (κ2) is 17.6. The van der Waals surface area contributed by atoms with E-state index in [1.165, 1.54) is 27.7 Å². The van der Waals surface area contributed by atoms with E-state index >= 15 is 0 Å². The zero-order chi connectivity index (χ0) is 36.1. The average Bonchev–Trinajstić information content (AvgIpc) is 3.09. The van der Waals surface area contributed by atoms with Gasteiger partial charge in [0, 0.05) is 6.42 Å². The number of benzene rings is 3. The molecule has 5 atom stereocenters. The van der Waals surface area contributed by atoms with Gasteiger partial charge in [-0.25, -0.2) is 4.79 Å². The van der Waals surface area contributed by atoms with Crippen LogP contribution >= 0.6 is 0 Å². The van der Waals surface area contributed by atoms with Gasteiger partial charge in [0.25, 0.3) is 0 Å². The number of rotatable bonds is 16. The van der Waals surface area contributed by atoms with Gasteiger partial charge in [-0.1, -0.05) is 91.0 Å². The van der Waals surface area contributed by atoms with Gasteiger partial charge in [-0.05, 0) is 50.8 Å². The molecule has 13 heteroatoms. The highest BCUT2D eigenvalue weighted by Gasteiger charge is 2.38. The maximum atomic E-state index is 13.6. The fourth-order valence-corrected chi connectivity index (χ4v) is 5.10. The molecule has 3 aromatic rings. The lowest BCUT2D eigenvalue weighted by Gasteiger charge is -2.37. The number of carboxylic acids is 1. The molecule has 3 aromatic carbocycles. The van der Waals surface area contributed by atoms with Gasteiger partial charge >= 0.3 is 5.97 Å². The van der Waals surface area contributed by atoms with Crippen LogP contribution in [0, 0.1) is 0 Å². The van der Waals surface area contributed by atoms with Gasteiger partial charge in [0.15, 0.2) is 0 Å². The van der Waals surface area contributed by atoms with Crippen molar-refractivity contribution in [2.24, 2.45) is 5.73 Å². The van der Waals surface area contributed by atoms with Gasteiger partial charge in [0.2, 0.25) is 29.5 Å². The van der Waals surface area contributed by atoms with Gasteiger partial charge in [-0.15, -0.1) is 0 Å². The van der Waals surface area contributed by atoms with Crippen LogP contribution in [0.1, 0.15) is 57.2 Å². The van der Waals surface area contributed by atoms with Crippen LogP contribution in [0.4, 0.5) is 0 Å². The zero-order valence-electron chi connectivity index (χ0n) is 27.9. The lowest BCUT2D eigenvalue weighted by molar-refractivity contribution is -0.142. The van der Waals surface area contributed by atoms with E-state index in [9.17, 15) is 33.9 Å². The Hall–Kier alpha value is -5.56. The molecule has 49 heavy (non-hydrogen) atoms. The normalized spacial score (nSPS) is 14.1. The van der Waals surface area contributed by atoms with Crippen molar-refractivity contribution in [3.8, 4) is 0 Å². The number of aliphatic carboxylic acids is 1. The van der Waals surface area contributed by atoms with Crippen molar-refractivity contribution in [2.75, 3.05) is 0 Å². The summed E-state index contributed by atoms with van der Waals surface area (Å²) in [5.41, 5.74) is 6.78. The lowest BCUT2D eigenvalue weighted by atomic mass is 9.77. The molecular weight excluding hydrogens is 628 g/mol. The number of carboxylic acid groups (broad SMARTS) is 1. The predicted molar refractivity (Wildman–Crippen MR) is 183 cm³/mol. The molecule has 260 valence electrons. The van der Waals surface area contributed by atoms with Gasteiger partial charge in [0.05, 0.1) is 6.04 Å². The van der Waals surface area contributed by atoms with E-state index in [2.05, 4.69) is 26.6 Å². The largest absolute Gasteiger partial charge is 0.480 e. The Morgan fingerprint density at radius 2 is 0.939 bits per heavy atom. The Labute approximate surface area is 285 Å². The van der Waals surface area contributed by atoms with Crippen LogP contribution < -0.4 is 32.3 Å². The standard InChI is InChI=1S/C36H44N6O7/c1-22(37)31(44)38-23(2)32(45)39-24(3)33(46)40-25(4)34(47)41-29(35(48)49)20-21-30(43)42-36(26-14-8-5-9-15-26,27-16-10-6-11-17-27)28-18-12-7-13-19-28/h5-19,22-25,29H,20-21,37H2,1-4H3,(H,38,44)(H,39,45)(H,40,46)(H,41,47)(H,42,43)(H,48,49)/t22-,23-,24-,25-,29-/m0/s1. The second-order valence-corrected chi connectivity index (χ2v) is 11.8. The van der Waals surface area contributed by atoms with Crippen LogP contribution in [0.3, 0.4) is 0 Å². The molecule has 0 aliphatic rings. The summed E-state index contributed by atoms with van der Waals surface area (Å²) >= 11 is 0. The van der Waals surface area contributed by atoms with Crippen LogP contribution in [0.15, 0.2) is 91.0 Å². The summed E-state index contributed by atoms with van der Waals surface area (Å²) in [6, 6.07) is 22.8. The Bertz CT molecular complexity index is 1510. The second-order valence-electron chi connectivity index (χ2n) is 11.8. The summed E-state index contributed by atoms with van der Waals surface area (Å²) in [6.45, 7) is 5.62. The number of amides is 5. The van der Waals surface area contributed by atoms with Crippen LogP contribution in [0.5, 0.6) is 0 Å². The van der Waals surface area contributed by atoms with Crippen molar-refractivity contribution in [1.29, 1.82) is 0 Å². The molecule has 3 rings (SSSR count). The minimum absolute atomic E-state index is 0.237. The summed E-state index contributed by atoms with van der Waals surface area (Å²) in [5, 5.41) is 22.7. The first kappa shape index (κ1) is 37.9. The SMILES string of the molecule is C[C@H](N)C(=O)N[C@@H](C)C(=O)N[C@@H](C)C(=O)N[C@@H](C)C(=O)N[C@@H](CCC(=O)NC(c1ccccc1)(c1ccccc1)c1ccccc1)C(=O)O. The van der Waals surface area contributed by atoms with E-state index in [1.807, 2.05) is 91.0 Å². The Morgan fingerprint density at radius 1 is 0.592 bits per heavy atom. The fourth-order valence-electron chi connectivity index (χ4n) is 5.10. The molecule has 5 amide bonds. The first-order valence-corrected chi connectivity index (χ1v) is 15.9. The average molecular weight is 673 g/mol. The highest BCUT2D eigenvalue weighted by molar-refractivity contribution is 5.95. The summed E-state index contributed by atoms with van der Waals surface area (Å²) in [5.74, 6) is -4.51. The summed E-state index contributed by atoms with van der Waals surface area (Å²) in [6.07, 6.45) is -0.480. The molecule has 0 aliphatic carbocycles. The first-order chi connectivity index (χ1) is 23.3. The highest BCUT2D eigenvalue weighted by atomic mass is 16.4. The number of nitrogens with one attached hydrogen (secondary N) is 5. The molecule has 0 fully saturated rings. The molecule has 0 aromatic heterocycles. The maximum absolute atomic E-state index is 13.6. The third-order valence-electron chi connectivity index (χ3n) is 7.89. The number of nitrogens with two attached hydrogens (primary N) is 1. The van der Waals surface area contributed by atoms with Crippen LogP contribution in [-0.2, 0) is 34.3 Å². The molecule has 0 bridgehead atoms. The monoisotopic (exact) mass is 672 g/mol. The van der Waals surface area contributed by atoms with Gasteiger partial charge in [-0.2, -0.15) is 0 Å². The zero-order valence-corrected chi connectivity index (χ0v) is 27.9. The Kier molecular flexibility index (Phi) is 13.6. The minimum Gasteiger partial charge on any atom is -0.480 e. The van der Waals surface area contributed by atoms with Gasteiger partial charge in [0.1, 0.15) is 29.7 Å². The van der Waals surface area contributed by atoms with Crippen molar-refractivity contribution in [1.82, 2.24) is 26.6 Å². The van der Waals surface area contributed by atoms with E-state index in [4.69, 9.17) is 5.73 Å². The van der Waals surface area contributed by atoms with Crippen LogP contribution in [-0.4, -0.2) is 70.8 Å². The minimum atomic E-state index is -1.44. The third-order valence-corrected chi connectivity index (χ3v) is 7.89. The Balaban J connectivity index is 1.67. The van der Waals surface area contributed by atoms with Crippen molar-refractivity contribution >= 4 is 35.5 Å². The molecular formula is C36H44N6O7. The fraction of sp³-hybridized carbons (Fsp3) is 0.333. The first-order valence-electron chi connectivity index (χ1n) is 15.9. The van der Waals surface area contributed by atoms with Crippen LogP contribution in [0.25, 0.3) is 0 Å². The van der Waals surface area contributed by atoms with E-state index < -0.39 is 71.3 Å². The van der Waals surface area contributed by atoms with E-state index in [0.717, 1.165) is 16.7 Å². The van der Waals surface area contributed by atoms with Crippen molar-refractivity contribution in [3.05, 3.63) is 108 Å². The van der Waals surface area contributed by atoms with Crippen molar-refractivity contribution < 1.29 is 33.9 Å². The summed E-state index contributed by atoms with van der Waals surface area (Å²) in [4.78, 5) is 75.5. The molecule has 0 spiro atoms. The third kappa shape index (κ3) is 10.2. The highest BCUT2D eigenvalue weighted by Crippen LogP contribution is 2.36. The lowest BCUT2D eigenvalue weighted by Crippen LogP contribution is -2.56.